The quantitative estimate of drug-likeness (QED) is 0.634. The molecule has 0 aliphatic rings. The van der Waals surface area contributed by atoms with Gasteiger partial charge >= 0.3 is 12.1 Å². The summed E-state index contributed by atoms with van der Waals surface area (Å²) in [6.45, 7) is -1.22. The van der Waals surface area contributed by atoms with Crippen LogP contribution in [-0.2, 0) is 4.74 Å². The average molecular weight is 248 g/mol. The number of nitrogen functional groups attached to an aromatic ring is 1. The first-order valence-corrected chi connectivity index (χ1v) is 4.62. The number of halogens is 3. The Balaban J connectivity index is 2.91. The molecule has 0 spiro atoms. The van der Waals surface area contributed by atoms with Gasteiger partial charge in [0.1, 0.15) is 6.54 Å². The molecule has 0 saturated heterocycles. The molecule has 4 nitrogen and oxygen atoms in total. The first kappa shape index (κ1) is 13.1. The van der Waals surface area contributed by atoms with E-state index in [1.807, 2.05) is 0 Å². The maximum Gasteiger partial charge on any atom is 0.405 e. The molecule has 1 rings (SSSR count). The number of rotatable bonds is 3. The first-order valence-electron chi connectivity index (χ1n) is 4.62. The number of methoxy groups -OCH3 is 1. The van der Waals surface area contributed by atoms with Crippen LogP contribution in [0.15, 0.2) is 18.2 Å². The zero-order chi connectivity index (χ0) is 13.1. The zero-order valence-corrected chi connectivity index (χ0v) is 8.97. The summed E-state index contributed by atoms with van der Waals surface area (Å²) >= 11 is 0. The lowest BCUT2D eigenvalue weighted by Gasteiger charge is -2.13. The lowest BCUT2D eigenvalue weighted by atomic mass is 10.1. The van der Waals surface area contributed by atoms with E-state index in [1.54, 1.807) is 0 Å². The number of nitrogens with one attached hydrogen (secondary N) is 1. The SMILES string of the molecule is COC(=O)c1cccc(NCC(F)(F)F)c1N. The van der Waals surface area contributed by atoms with Crippen LogP contribution in [0.1, 0.15) is 10.4 Å². The smallest absolute Gasteiger partial charge is 0.405 e. The van der Waals surface area contributed by atoms with Gasteiger partial charge in [0.05, 0.1) is 24.0 Å². The lowest BCUT2D eigenvalue weighted by Crippen LogP contribution is -2.22. The molecule has 0 atom stereocenters. The van der Waals surface area contributed by atoms with Crippen LogP contribution in [0, 0.1) is 0 Å². The number of carbonyl (C=O) groups excluding carboxylic acids is 1. The lowest BCUT2D eigenvalue weighted by molar-refractivity contribution is -0.115. The number of para-hydroxylation sites is 1. The maximum atomic E-state index is 12.0. The van der Waals surface area contributed by atoms with Gasteiger partial charge in [0, 0.05) is 0 Å². The summed E-state index contributed by atoms with van der Waals surface area (Å²) in [4.78, 5) is 11.2. The van der Waals surface area contributed by atoms with Crippen molar-refractivity contribution in [3.8, 4) is 0 Å². The number of alkyl halides is 3. The van der Waals surface area contributed by atoms with Crippen LogP contribution in [0.4, 0.5) is 24.5 Å². The molecule has 3 N–H and O–H groups in total. The molecule has 0 aromatic heterocycles. The number of anilines is 2. The van der Waals surface area contributed by atoms with E-state index in [0.717, 1.165) is 7.11 Å². The van der Waals surface area contributed by atoms with Crippen molar-refractivity contribution in [1.29, 1.82) is 0 Å². The van der Waals surface area contributed by atoms with Crippen LogP contribution in [0.3, 0.4) is 0 Å². The average Bonchev–Trinajstić information content (AvgIpc) is 2.25. The third-order valence-corrected chi connectivity index (χ3v) is 1.99. The van der Waals surface area contributed by atoms with E-state index in [9.17, 15) is 18.0 Å². The molecule has 94 valence electrons. The van der Waals surface area contributed by atoms with Crippen LogP contribution in [0.5, 0.6) is 0 Å². The molecular weight excluding hydrogens is 237 g/mol. The van der Waals surface area contributed by atoms with Crippen LogP contribution < -0.4 is 11.1 Å². The molecule has 7 heteroatoms. The largest absolute Gasteiger partial charge is 0.465 e. The van der Waals surface area contributed by atoms with Gasteiger partial charge in [-0.3, -0.25) is 0 Å². The number of nitrogens with two attached hydrogens (primary N) is 1. The van der Waals surface area contributed by atoms with Crippen molar-refractivity contribution in [2.45, 2.75) is 6.18 Å². The van der Waals surface area contributed by atoms with Crippen molar-refractivity contribution >= 4 is 17.3 Å². The van der Waals surface area contributed by atoms with Crippen LogP contribution in [0.25, 0.3) is 0 Å². The van der Waals surface area contributed by atoms with E-state index in [0.29, 0.717) is 0 Å². The van der Waals surface area contributed by atoms with Crippen molar-refractivity contribution in [3.63, 3.8) is 0 Å². The summed E-state index contributed by atoms with van der Waals surface area (Å²) in [7, 11) is 1.16. The normalized spacial score (nSPS) is 11.1. The summed E-state index contributed by atoms with van der Waals surface area (Å²) < 4.78 is 40.5. The van der Waals surface area contributed by atoms with E-state index >= 15 is 0 Å². The van der Waals surface area contributed by atoms with Crippen molar-refractivity contribution in [3.05, 3.63) is 23.8 Å². The second kappa shape index (κ2) is 4.94. The second-order valence-corrected chi connectivity index (χ2v) is 3.23. The molecule has 17 heavy (non-hydrogen) atoms. The van der Waals surface area contributed by atoms with Gasteiger partial charge in [-0.15, -0.1) is 0 Å². The highest BCUT2D eigenvalue weighted by Gasteiger charge is 2.27. The predicted molar refractivity (Wildman–Crippen MR) is 56.7 cm³/mol. The number of benzene rings is 1. The van der Waals surface area contributed by atoms with E-state index in [-0.39, 0.29) is 16.9 Å². The van der Waals surface area contributed by atoms with Crippen molar-refractivity contribution in [2.24, 2.45) is 0 Å². The minimum absolute atomic E-state index is 0.0275. The summed E-state index contributed by atoms with van der Waals surface area (Å²) in [5, 5.41) is 2.11. The van der Waals surface area contributed by atoms with Gasteiger partial charge < -0.3 is 15.8 Å². The highest BCUT2D eigenvalue weighted by molar-refractivity contribution is 5.98. The summed E-state index contributed by atoms with van der Waals surface area (Å²) in [5.41, 5.74) is 5.57. The topological polar surface area (TPSA) is 64.3 Å². The predicted octanol–water partition coefficient (Wildman–Crippen LogP) is 2.03. The van der Waals surface area contributed by atoms with Gasteiger partial charge in [-0.25, -0.2) is 4.79 Å². The molecule has 0 bridgehead atoms. The van der Waals surface area contributed by atoms with Crippen molar-refractivity contribution in [2.75, 3.05) is 24.7 Å². The summed E-state index contributed by atoms with van der Waals surface area (Å²) in [6, 6.07) is 4.15. The third kappa shape index (κ3) is 3.54. The zero-order valence-electron chi connectivity index (χ0n) is 8.97. The van der Waals surface area contributed by atoms with Gasteiger partial charge in [-0.1, -0.05) is 6.07 Å². The fourth-order valence-electron chi connectivity index (χ4n) is 1.20. The fourth-order valence-corrected chi connectivity index (χ4v) is 1.20. The Morgan fingerprint density at radius 3 is 2.65 bits per heavy atom. The minimum Gasteiger partial charge on any atom is -0.465 e. The number of ether oxygens (including phenoxy) is 1. The van der Waals surface area contributed by atoms with Crippen molar-refractivity contribution in [1.82, 2.24) is 0 Å². The number of esters is 1. The maximum absolute atomic E-state index is 12.0. The Morgan fingerprint density at radius 1 is 1.47 bits per heavy atom. The second-order valence-electron chi connectivity index (χ2n) is 3.23. The standard InChI is InChI=1S/C10H11F3N2O2/c1-17-9(16)6-3-2-4-7(8(6)14)15-5-10(11,12)13/h2-4,15H,5,14H2,1H3. The molecule has 1 aromatic rings. The van der Waals surface area contributed by atoms with Gasteiger partial charge in [0.15, 0.2) is 0 Å². The number of carbonyl (C=O) groups is 1. The number of hydrogen-bond donors (Lipinski definition) is 2. The third-order valence-electron chi connectivity index (χ3n) is 1.99. The van der Waals surface area contributed by atoms with Crippen LogP contribution >= 0.6 is 0 Å². The molecular formula is C10H11F3N2O2. The van der Waals surface area contributed by atoms with E-state index in [2.05, 4.69) is 10.1 Å². The van der Waals surface area contributed by atoms with Gasteiger partial charge in [0.25, 0.3) is 0 Å². The van der Waals surface area contributed by atoms with E-state index in [1.165, 1.54) is 18.2 Å². The van der Waals surface area contributed by atoms with Gasteiger partial charge in [-0.2, -0.15) is 13.2 Å². The molecule has 0 unspecified atom stereocenters. The van der Waals surface area contributed by atoms with Crippen molar-refractivity contribution < 1.29 is 22.7 Å². The molecule has 0 aliphatic heterocycles. The number of hydrogen-bond acceptors (Lipinski definition) is 4. The summed E-state index contributed by atoms with van der Waals surface area (Å²) in [6.07, 6.45) is -4.35. The Hall–Kier alpha value is -1.92. The first-order chi connectivity index (χ1) is 7.85. The monoisotopic (exact) mass is 248 g/mol. The Kier molecular flexibility index (Phi) is 3.82. The Bertz CT molecular complexity index is 419. The fraction of sp³-hybridized carbons (Fsp3) is 0.300. The molecule has 0 fully saturated rings. The minimum atomic E-state index is -4.35. The Labute approximate surface area is 95.6 Å². The molecule has 1 aromatic carbocycles. The molecule has 0 amide bonds. The molecule has 0 heterocycles. The Morgan fingerprint density at radius 2 is 2.12 bits per heavy atom. The molecule has 0 aliphatic carbocycles. The highest BCUT2D eigenvalue weighted by atomic mass is 19.4. The van der Waals surface area contributed by atoms with E-state index in [4.69, 9.17) is 5.73 Å². The molecule has 0 radical (unpaired) electrons. The van der Waals surface area contributed by atoms with Gasteiger partial charge in [-0.05, 0) is 12.1 Å². The highest BCUT2D eigenvalue weighted by Crippen LogP contribution is 2.25. The summed E-state index contributed by atoms with van der Waals surface area (Å²) in [5.74, 6) is -0.696. The van der Waals surface area contributed by atoms with E-state index < -0.39 is 18.7 Å². The molecule has 0 saturated carbocycles. The van der Waals surface area contributed by atoms with Gasteiger partial charge in [0.2, 0.25) is 0 Å². The van der Waals surface area contributed by atoms with Crippen LogP contribution in [0.2, 0.25) is 0 Å². The van der Waals surface area contributed by atoms with Crippen LogP contribution in [-0.4, -0.2) is 25.8 Å².